The molecule has 156 valence electrons. The van der Waals surface area contributed by atoms with Crippen molar-refractivity contribution in [1.29, 1.82) is 0 Å². The average molecular weight is 406 g/mol. The molecule has 1 amide bonds. The van der Waals surface area contributed by atoms with E-state index in [0.29, 0.717) is 37.7 Å². The molecule has 0 radical (unpaired) electrons. The van der Waals surface area contributed by atoms with Crippen molar-refractivity contribution in [2.45, 2.75) is 13.3 Å². The van der Waals surface area contributed by atoms with E-state index >= 15 is 0 Å². The van der Waals surface area contributed by atoms with Crippen LogP contribution in [0.15, 0.2) is 60.8 Å². The fourth-order valence-electron chi connectivity index (χ4n) is 2.95. The lowest BCUT2D eigenvalue weighted by atomic mass is 10.2. The molecule has 0 fully saturated rings. The Labute approximate surface area is 176 Å². The molecule has 0 saturated carbocycles. The summed E-state index contributed by atoms with van der Waals surface area (Å²) in [7, 11) is 1.60. The molecule has 0 aliphatic rings. The molecule has 1 aromatic heterocycles. The van der Waals surface area contributed by atoms with E-state index in [2.05, 4.69) is 10.3 Å². The van der Waals surface area contributed by atoms with Crippen molar-refractivity contribution < 1.29 is 19.0 Å². The third-order valence-corrected chi connectivity index (χ3v) is 4.39. The predicted octanol–water partition coefficient (Wildman–Crippen LogP) is 4.24. The maximum atomic E-state index is 12.1. The molecule has 0 aliphatic carbocycles. The first kappa shape index (κ1) is 21.2. The van der Waals surface area contributed by atoms with Crippen LogP contribution in [-0.4, -0.2) is 37.8 Å². The van der Waals surface area contributed by atoms with Crippen LogP contribution >= 0.6 is 0 Å². The summed E-state index contributed by atoms with van der Waals surface area (Å²) in [5.74, 6) is 1.92. The van der Waals surface area contributed by atoms with Gasteiger partial charge < -0.3 is 19.5 Å². The highest BCUT2D eigenvalue weighted by atomic mass is 16.5. The van der Waals surface area contributed by atoms with Crippen molar-refractivity contribution in [3.8, 4) is 17.2 Å². The van der Waals surface area contributed by atoms with E-state index in [4.69, 9.17) is 14.2 Å². The third-order valence-electron chi connectivity index (χ3n) is 4.39. The van der Waals surface area contributed by atoms with Gasteiger partial charge in [-0.3, -0.25) is 9.78 Å². The van der Waals surface area contributed by atoms with Gasteiger partial charge in [-0.15, -0.1) is 0 Å². The van der Waals surface area contributed by atoms with Gasteiger partial charge in [0.2, 0.25) is 5.91 Å². The lowest BCUT2D eigenvalue weighted by molar-refractivity contribution is -0.116. The van der Waals surface area contributed by atoms with E-state index < -0.39 is 0 Å². The molecule has 3 rings (SSSR count). The highest BCUT2D eigenvalue weighted by Gasteiger charge is 2.05. The zero-order valence-electron chi connectivity index (χ0n) is 17.3. The summed E-state index contributed by atoms with van der Waals surface area (Å²) in [6.45, 7) is 3.47. The summed E-state index contributed by atoms with van der Waals surface area (Å²) < 4.78 is 16.6. The Bertz CT molecular complexity index is 1010. The van der Waals surface area contributed by atoms with E-state index in [1.54, 1.807) is 19.4 Å². The number of hydrogen-bond acceptors (Lipinski definition) is 5. The zero-order valence-corrected chi connectivity index (χ0v) is 17.3. The maximum absolute atomic E-state index is 12.1. The molecule has 30 heavy (non-hydrogen) atoms. The van der Waals surface area contributed by atoms with Crippen molar-refractivity contribution in [3.63, 3.8) is 0 Å². The molecule has 0 unspecified atom stereocenters. The standard InChI is InChI=1S/C24H26N2O4/c1-3-29-22-17-18(10-12-20(22)28-2)11-13-23(27)25-15-6-16-30-21-9-4-7-19-8-5-14-26-24(19)21/h4-5,7-14,17H,3,6,15-16H2,1-2H3,(H,25,27)/b13-11+. The van der Waals surface area contributed by atoms with Gasteiger partial charge in [-0.2, -0.15) is 0 Å². The second-order valence-corrected chi connectivity index (χ2v) is 6.50. The molecule has 0 atom stereocenters. The van der Waals surface area contributed by atoms with Gasteiger partial charge in [-0.25, -0.2) is 0 Å². The fraction of sp³-hybridized carbons (Fsp3) is 0.250. The highest BCUT2D eigenvalue weighted by molar-refractivity contribution is 5.91. The summed E-state index contributed by atoms with van der Waals surface area (Å²) >= 11 is 0. The summed E-state index contributed by atoms with van der Waals surface area (Å²) in [5, 5.41) is 3.90. The number of methoxy groups -OCH3 is 1. The number of rotatable bonds is 10. The van der Waals surface area contributed by atoms with Gasteiger partial charge in [0.05, 0.1) is 20.3 Å². The quantitative estimate of drug-likeness (QED) is 0.403. The molecule has 6 heteroatoms. The van der Waals surface area contributed by atoms with Gasteiger partial charge in [-0.1, -0.05) is 24.3 Å². The zero-order chi connectivity index (χ0) is 21.2. The number of nitrogens with one attached hydrogen (secondary N) is 1. The normalized spacial score (nSPS) is 10.9. The van der Waals surface area contributed by atoms with Crippen LogP contribution in [0.25, 0.3) is 17.0 Å². The molecular formula is C24H26N2O4. The first-order chi connectivity index (χ1) is 14.7. The van der Waals surface area contributed by atoms with Crippen LogP contribution < -0.4 is 19.5 Å². The van der Waals surface area contributed by atoms with Crippen molar-refractivity contribution in [2.24, 2.45) is 0 Å². The molecule has 0 aliphatic heterocycles. The second kappa shape index (κ2) is 10.9. The first-order valence-corrected chi connectivity index (χ1v) is 9.94. The number of para-hydroxylation sites is 1. The number of aromatic nitrogens is 1. The van der Waals surface area contributed by atoms with Crippen molar-refractivity contribution in [3.05, 3.63) is 66.4 Å². The lowest BCUT2D eigenvalue weighted by Gasteiger charge is -2.09. The van der Waals surface area contributed by atoms with E-state index in [-0.39, 0.29) is 5.91 Å². The summed E-state index contributed by atoms with van der Waals surface area (Å²) in [6.07, 6.45) is 5.70. The topological polar surface area (TPSA) is 69.7 Å². The lowest BCUT2D eigenvalue weighted by Crippen LogP contribution is -2.23. The molecule has 1 N–H and O–H groups in total. The van der Waals surface area contributed by atoms with Crippen LogP contribution in [0.2, 0.25) is 0 Å². The van der Waals surface area contributed by atoms with Crippen LogP contribution in [0.3, 0.4) is 0 Å². The molecule has 6 nitrogen and oxygen atoms in total. The smallest absolute Gasteiger partial charge is 0.244 e. The summed E-state index contributed by atoms with van der Waals surface area (Å²) in [4.78, 5) is 16.4. The van der Waals surface area contributed by atoms with Gasteiger partial charge in [0.1, 0.15) is 11.3 Å². The van der Waals surface area contributed by atoms with Crippen LogP contribution in [0, 0.1) is 0 Å². The van der Waals surface area contributed by atoms with Crippen molar-refractivity contribution in [2.75, 3.05) is 26.9 Å². The van der Waals surface area contributed by atoms with Crippen molar-refractivity contribution in [1.82, 2.24) is 10.3 Å². The SMILES string of the molecule is CCOc1cc(/C=C/C(=O)NCCCOc2cccc3cccnc23)ccc1OC. The van der Waals surface area contributed by atoms with E-state index in [0.717, 1.165) is 22.2 Å². The van der Waals surface area contributed by atoms with Gasteiger partial charge >= 0.3 is 0 Å². The van der Waals surface area contributed by atoms with E-state index in [1.165, 1.54) is 6.08 Å². The minimum absolute atomic E-state index is 0.157. The number of amides is 1. The molecule has 2 aromatic carbocycles. The first-order valence-electron chi connectivity index (χ1n) is 9.94. The number of carbonyl (C=O) groups is 1. The molecule has 0 bridgehead atoms. The van der Waals surface area contributed by atoms with Gasteiger partial charge in [0.15, 0.2) is 11.5 Å². The average Bonchev–Trinajstić information content (AvgIpc) is 2.78. The van der Waals surface area contributed by atoms with Crippen LogP contribution in [0.4, 0.5) is 0 Å². The van der Waals surface area contributed by atoms with E-state index in [9.17, 15) is 4.79 Å². The number of hydrogen-bond donors (Lipinski definition) is 1. The fourth-order valence-corrected chi connectivity index (χ4v) is 2.95. The second-order valence-electron chi connectivity index (χ2n) is 6.50. The monoisotopic (exact) mass is 406 g/mol. The van der Waals surface area contributed by atoms with Crippen molar-refractivity contribution >= 4 is 22.9 Å². The van der Waals surface area contributed by atoms with Gasteiger partial charge in [-0.05, 0) is 49.2 Å². The summed E-state index contributed by atoms with van der Waals surface area (Å²) in [6, 6.07) is 15.3. The molecule has 1 heterocycles. The van der Waals surface area contributed by atoms with Gasteiger partial charge in [0, 0.05) is 24.2 Å². The number of pyridine rings is 1. The molecular weight excluding hydrogens is 380 g/mol. The Morgan fingerprint density at radius 1 is 1.07 bits per heavy atom. The molecule has 0 saturated heterocycles. The van der Waals surface area contributed by atoms with Crippen LogP contribution in [0.5, 0.6) is 17.2 Å². The number of ether oxygens (including phenoxy) is 3. The minimum Gasteiger partial charge on any atom is -0.493 e. The Morgan fingerprint density at radius 3 is 2.77 bits per heavy atom. The maximum Gasteiger partial charge on any atom is 0.244 e. The highest BCUT2D eigenvalue weighted by Crippen LogP contribution is 2.28. The van der Waals surface area contributed by atoms with Crippen LogP contribution in [-0.2, 0) is 4.79 Å². The number of carbonyl (C=O) groups excluding carboxylic acids is 1. The Hall–Kier alpha value is -3.54. The Kier molecular flexibility index (Phi) is 7.66. The minimum atomic E-state index is -0.157. The number of benzene rings is 2. The molecule has 0 spiro atoms. The molecule has 3 aromatic rings. The predicted molar refractivity (Wildman–Crippen MR) is 118 cm³/mol. The third kappa shape index (κ3) is 5.73. The van der Waals surface area contributed by atoms with Gasteiger partial charge in [0.25, 0.3) is 0 Å². The summed E-state index contributed by atoms with van der Waals surface area (Å²) in [5.41, 5.74) is 1.71. The van der Waals surface area contributed by atoms with E-state index in [1.807, 2.05) is 55.5 Å². The Morgan fingerprint density at radius 2 is 1.93 bits per heavy atom. The number of nitrogens with zero attached hydrogens (tertiary/aromatic N) is 1. The largest absolute Gasteiger partial charge is 0.493 e. The van der Waals surface area contributed by atoms with Crippen LogP contribution in [0.1, 0.15) is 18.9 Å². The number of fused-ring (bicyclic) bond motifs is 1. The Balaban J connectivity index is 1.44.